The first kappa shape index (κ1) is 21.5. The third-order valence-electron chi connectivity index (χ3n) is 2.94. The van der Waals surface area contributed by atoms with Gasteiger partial charge in [-0.25, -0.2) is 4.79 Å². The highest BCUT2D eigenvalue weighted by Crippen LogP contribution is 2.12. The Balaban J connectivity index is 4.21. The maximum Gasteiger partial charge on any atom is 0.410 e. The largest absolute Gasteiger partial charge is 0.444 e. The fourth-order valence-electron chi connectivity index (χ4n) is 1.83. The van der Waals surface area contributed by atoms with Gasteiger partial charge in [0.05, 0.1) is 6.61 Å². The number of carbonyl (C=O) groups excluding carboxylic acids is 1. The van der Waals surface area contributed by atoms with Gasteiger partial charge in [0.1, 0.15) is 5.60 Å². The number of carbonyl (C=O) groups is 1. The molecule has 0 aromatic carbocycles. The van der Waals surface area contributed by atoms with Crippen LogP contribution in [0.15, 0.2) is 4.99 Å². The van der Waals surface area contributed by atoms with E-state index in [0.717, 1.165) is 18.9 Å². The van der Waals surface area contributed by atoms with Crippen molar-refractivity contribution in [2.45, 2.75) is 52.7 Å². The van der Waals surface area contributed by atoms with E-state index in [1.807, 2.05) is 34.6 Å². The molecule has 0 heterocycles. The highest BCUT2D eigenvalue weighted by atomic mass is 16.6. The number of nitrogens with one attached hydrogen (secondary N) is 2. The Hall–Kier alpha value is -1.50. The first-order chi connectivity index (χ1) is 10.7. The zero-order valence-corrected chi connectivity index (χ0v) is 15.7. The molecule has 0 fully saturated rings. The molecule has 0 rings (SSSR count). The molecule has 0 aliphatic heterocycles. The summed E-state index contributed by atoms with van der Waals surface area (Å²) in [5.41, 5.74) is -0.476. The van der Waals surface area contributed by atoms with Crippen molar-refractivity contribution in [3.8, 4) is 0 Å². The van der Waals surface area contributed by atoms with E-state index in [2.05, 4.69) is 15.6 Å². The van der Waals surface area contributed by atoms with Gasteiger partial charge in [0.25, 0.3) is 0 Å². The van der Waals surface area contributed by atoms with Gasteiger partial charge in [-0.1, -0.05) is 0 Å². The molecule has 0 aromatic rings. The maximum absolute atomic E-state index is 12.2. The van der Waals surface area contributed by atoms with Gasteiger partial charge in [-0.05, 0) is 41.0 Å². The van der Waals surface area contributed by atoms with E-state index in [4.69, 9.17) is 9.47 Å². The lowest BCUT2D eigenvalue weighted by molar-refractivity contribution is 0.0190. The second-order valence-corrected chi connectivity index (χ2v) is 6.54. The van der Waals surface area contributed by atoms with Crippen LogP contribution in [-0.4, -0.2) is 69.0 Å². The Bertz CT molecular complexity index is 365. The van der Waals surface area contributed by atoms with E-state index in [9.17, 15) is 4.79 Å². The van der Waals surface area contributed by atoms with Crippen LogP contribution in [0, 0.1) is 0 Å². The minimum absolute atomic E-state index is 0.101. The maximum atomic E-state index is 12.2. The molecule has 0 saturated carbocycles. The van der Waals surface area contributed by atoms with Crippen molar-refractivity contribution >= 4 is 12.1 Å². The highest BCUT2D eigenvalue weighted by molar-refractivity contribution is 5.79. The highest BCUT2D eigenvalue weighted by Gasteiger charge is 2.23. The molecule has 7 heteroatoms. The lowest BCUT2D eigenvalue weighted by Gasteiger charge is -2.30. The van der Waals surface area contributed by atoms with Crippen LogP contribution in [0.25, 0.3) is 0 Å². The Morgan fingerprint density at radius 3 is 2.30 bits per heavy atom. The first-order valence-corrected chi connectivity index (χ1v) is 8.14. The number of amides is 1. The Morgan fingerprint density at radius 2 is 1.83 bits per heavy atom. The number of hydrogen-bond donors (Lipinski definition) is 2. The van der Waals surface area contributed by atoms with E-state index in [0.29, 0.717) is 19.7 Å². The van der Waals surface area contributed by atoms with Crippen molar-refractivity contribution in [3.63, 3.8) is 0 Å². The number of nitrogens with zero attached hydrogens (tertiary/aromatic N) is 2. The molecule has 0 unspecified atom stereocenters. The second kappa shape index (κ2) is 11.1. The standard InChI is InChI=1S/C16H34N4O3/c1-13(2)20(15(21)23-16(3,4)5)11-8-9-18-14(17-6)19-10-12-22-7/h13H,8-12H2,1-7H3,(H2,17,18,19). The van der Waals surface area contributed by atoms with E-state index >= 15 is 0 Å². The number of methoxy groups -OCH3 is 1. The molecule has 7 nitrogen and oxygen atoms in total. The minimum atomic E-state index is -0.476. The van der Waals surface area contributed by atoms with Gasteiger partial charge in [-0.15, -0.1) is 0 Å². The van der Waals surface area contributed by atoms with Crippen molar-refractivity contribution in [2.75, 3.05) is 40.4 Å². The molecule has 136 valence electrons. The van der Waals surface area contributed by atoms with Crippen molar-refractivity contribution < 1.29 is 14.3 Å². The molecule has 0 aromatic heterocycles. The number of ether oxygens (including phenoxy) is 2. The van der Waals surface area contributed by atoms with Crippen LogP contribution in [0.3, 0.4) is 0 Å². The summed E-state index contributed by atoms with van der Waals surface area (Å²) in [5, 5.41) is 6.36. The van der Waals surface area contributed by atoms with Gasteiger partial charge in [0.2, 0.25) is 0 Å². The third kappa shape index (κ3) is 10.8. The average molecular weight is 330 g/mol. The third-order valence-corrected chi connectivity index (χ3v) is 2.94. The van der Waals surface area contributed by atoms with Crippen LogP contribution in [0.1, 0.15) is 41.0 Å². The lowest BCUT2D eigenvalue weighted by atomic mass is 10.2. The fourth-order valence-corrected chi connectivity index (χ4v) is 1.83. The van der Waals surface area contributed by atoms with E-state index in [1.165, 1.54) is 0 Å². The fraction of sp³-hybridized carbons (Fsp3) is 0.875. The van der Waals surface area contributed by atoms with Crippen molar-refractivity contribution in [3.05, 3.63) is 0 Å². The van der Waals surface area contributed by atoms with Crippen molar-refractivity contribution in [2.24, 2.45) is 4.99 Å². The molecule has 0 spiro atoms. The molecule has 0 radical (unpaired) electrons. The summed E-state index contributed by atoms with van der Waals surface area (Å²) in [6.07, 6.45) is 0.540. The molecule has 0 bridgehead atoms. The number of rotatable bonds is 8. The van der Waals surface area contributed by atoms with Gasteiger partial charge in [-0.3, -0.25) is 4.99 Å². The summed E-state index contributed by atoms with van der Waals surface area (Å²) in [7, 11) is 3.39. The molecular formula is C16H34N4O3. The SMILES string of the molecule is CN=C(NCCCN(C(=O)OC(C)(C)C)C(C)C)NCCOC. The zero-order valence-electron chi connectivity index (χ0n) is 15.7. The molecule has 0 aliphatic rings. The van der Waals surface area contributed by atoms with Crippen LogP contribution in [0.4, 0.5) is 4.79 Å². The summed E-state index contributed by atoms with van der Waals surface area (Å²) < 4.78 is 10.4. The molecule has 2 N–H and O–H groups in total. The van der Waals surface area contributed by atoms with E-state index in [-0.39, 0.29) is 12.1 Å². The average Bonchev–Trinajstić information content (AvgIpc) is 2.42. The first-order valence-electron chi connectivity index (χ1n) is 8.14. The molecule has 0 aliphatic carbocycles. The van der Waals surface area contributed by atoms with Crippen LogP contribution < -0.4 is 10.6 Å². The Labute approximate surface area is 140 Å². The molecular weight excluding hydrogens is 296 g/mol. The van der Waals surface area contributed by atoms with Crippen LogP contribution in [0.5, 0.6) is 0 Å². The predicted molar refractivity (Wildman–Crippen MR) is 93.9 cm³/mol. The Kier molecular flexibility index (Phi) is 10.4. The smallest absolute Gasteiger partial charge is 0.410 e. The van der Waals surface area contributed by atoms with Crippen molar-refractivity contribution in [1.29, 1.82) is 0 Å². The van der Waals surface area contributed by atoms with Gasteiger partial charge in [0.15, 0.2) is 5.96 Å². The van der Waals surface area contributed by atoms with Crippen LogP contribution >= 0.6 is 0 Å². The van der Waals surface area contributed by atoms with Gasteiger partial charge < -0.3 is 25.0 Å². The van der Waals surface area contributed by atoms with E-state index < -0.39 is 5.60 Å². The molecule has 0 atom stereocenters. The molecule has 0 saturated heterocycles. The van der Waals surface area contributed by atoms with E-state index in [1.54, 1.807) is 19.1 Å². The molecule has 23 heavy (non-hydrogen) atoms. The zero-order chi connectivity index (χ0) is 17.9. The van der Waals surface area contributed by atoms with Gasteiger partial charge >= 0.3 is 6.09 Å². The van der Waals surface area contributed by atoms with Crippen LogP contribution in [0.2, 0.25) is 0 Å². The number of hydrogen-bond acceptors (Lipinski definition) is 4. The minimum Gasteiger partial charge on any atom is -0.444 e. The predicted octanol–water partition coefficient (Wildman–Crippen LogP) is 1.83. The van der Waals surface area contributed by atoms with Gasteiger partial charge in [0, 0.05) is 39.8 Å². The normalized spacial score (nSPS) is 12.3. The second-order valence-electron chi connectivity index (χ2n) is 6.54. The van der Waals surface area contributed by atoms with Crippen molar-refractivity contribution in [1.82, 2.24) is 15.5 Å². The summed E-state index contributed by atoms with van der Waals surface area (Å²) in [4.78, 5) is 18.1. The van der Waals surface area contributed by atoms with Gasteiger partial charge in [-0.2, -0.15) is 0 Å². The Morgan fingerprint density at radius 1 is 1.22 bits per heavy atom. The quantitative estimate of drug-likeness (QED) is 0.403. The lowest BCUT2D eigenvalue weighted by Crippen LogP contribution is -2.43. The molecule has 1 amide bonds. The topological polar surface area (TPSA) is 75.2 Å². The van der Waals surface area contributed by atoms with Crippen LogP contribution in [-0.2, 0) is 9.47 Å². The monoisotopic (exact) mass is 330 g/mol. The number of aliphatic imine (C=N–C) groups is 1. The number of guanidine groups is 1. The summed E-state index contributed by atoms with van der Waals surface area (Å²) in [5.74, 6) is 0.732. The summed E-state index contributed by atoms with van der Waals surface area (Å²) in [6, 6.07) is 0.101. The summed E-state index contributed by atoms with van der Waals surface area (Å²) >= 11 is 0. The summed E-state index contributed by atoms with van der Waals surface area (Å²) in [6.45, 7) is 12.3.